The standard InChI is InChI=1S/C27H29N3O3/c1-27(2,3)33-26(32)29-16-23-24(25(31)28-4)21-14-13-18(15-22(21)30(23)5)20-12-8-10-17-9-6-7-11-19(17)20/h6-15H,16H2,1-5H3,(H,28,31)(H,29,32). The number of alkyl carbamates (subject to hydrolysis) is 1. The van der Waals surface area contributed by atoms with E-state index in [9.17, 15) is 9.59 Å². The largest absolute Gasteiger partial charge is 0.444 e. The molecule has 4 rings (SSSR count). The van der Waals surface area contributed by atoms with Crippen LogP contribution in [0.3, 0.4) is 0 Å². The van der Waals surface area contributed by atoms with Crippen molar-refractivity contribution in [1.29, 1.82) is 0 Å². The highest BCUT2D eigenvalue weighted by Gasteiger charge is 2.23. The van der Waals surface area contributed by atoms with Crippen molar-refractivity contribution in [3.05, 3.63) is 71.9 Å². The second-order valence-corrected chi connectivity index (χ2v) is 9.07. The van der Waals surface area contributed by atoms with Gasteiger partial charge in [0.05, 0.1) is 17.8 Å². The molecular formula is C27H29N3O3. The molecule has 0 saturated heterocycles. The van der Waals surface area contributed by atoms with E-state index in [1.807, 2.05) is 56.7 Å². The van der Waals surface area contributed by atoms with Crippen LogP contribution in [0.25, 0.3) is 32.8 Å². The minimum absolute atomic E-state index is 0.173. The second kappa shape index (κ2) is 8.62. The maximum Gasteiger partial charge on any atom is 0.407 e. The topological polar surface area (TPSA) is 72.4 Å². The van der Waals surface area contributed by atoms with Crippen LogP contribution in [0.4, 0.5) is 4.79 Å². The number of nitrogens with one attached hydrogen (secondary N) is 2. The zero-order valence-electron chi connectivity index (χ0n) is 19.7. The second-order valence-electron chi connectivity index (χ2n) is 9.07. The Morgan fingerprint density at radius 2 is 1.70 bits per heavy atom. The molecule has 170 valence electrons. The van der Waals surface area contributed by atoms with Gasteiger partial charge in [-0.2, -0.15) is 0 Å². The van der Waals surface area contributed by atoms with Gasteiger partial charge in [0.15, 0.2) is 0 Å². The summed E-state index contributed by atoms with van der Waals surface area (Å²) < 4.78 is 7.32. The molecule has 0 saturated carbocycles. The van der Waals surface area contributed by atoms with Crippen molar-refractivity contribution in [3.63, 3.8) is 0 Å². The summed E-state index contributed by atoms with van der Waals surface area (Å²) in [5, 5.41) is 8.70. The molecule has 0 atom stereocenters. The highest BCUT2D eigenvalue weighted by atomic mass is 16.6. The molecule has 1 heterocycles. The molecule has 1 aromatic heterocycles. The first-order valence-electron chi connectivity index (χ1n) is 11.0. The third-order valence-electron chi connectivity index (χ3n) is 5.68. The number of carbonyl (C=O) groups excluding carboxylic acids is 2. The van der Waals surface area contributed by atoms with Gasteiger partial charge < -0.3 is 19.9 Å². The molecule has 6 heteroatoms. The van der Waals surface area contributed by atoms with E-state index in [2.05, 4.69) is 47.0 Å². The zero-order valence-corrected chi connectivity index (χ0v) is 19.7. The molecule has 4 aromatic rings. The van der Waals surface area contributed by atoms with Crippen LogP contribution in [-0.4, -0.2) is 29.2 Å². The molecule has 0 fully saturated rings. The number of fused-ring (bicyclic) bond motifs is 2. The van der Waals surface area contributed by atoms with Gasteiger partial charge in [-0.3, -0.25) is 4.79 Å². The van der Waals surface area contributed by atoms with Gasteiger partial charge in [0.1, 0.15) is 5.60 Å². The van der Waals surface area contributed by atoms with Crippen molar-refractivity contribution in [3.8, 4) is 11.1 Å². The number of carbonyl (C=O) groups is 2. The minimum atomic E-state index is -0.597. The van der Waals surface area contributed by atoms with Crippen molar-refractivity contribution in [2.45, 2.75) is 32.9 Å². The van der Waals surface area contributed by atoms with Crippen LogP contribution in [0.5, 0.6) is 0 Å². The summed E-state index contributed by atoms with van der Waals surface area (Å²) in [4.78, 5) is 25.0. The van der Waals surface area contributed by atoms with Crippen LogP contribution in [0.15, 0.2) is 60.7 Å². The molecular weight excluding hydrogens is 414 g/mol. The Bertz CT molecular complexity index is 1360. The summed E-state index contributed by atoms with van der Waals surface area (Å²) in [5.41, 5.74) is 3.78. The fourth-order valence-electron chi connectivity index (χ4n) is 4.19. The average Bonchev–Trinajstić information content (AvgIpc) is 3.06. The summed E-state index contributed by atoms with van der Waals surface area (Å²) in [7, 11) is 3.52. The fourth-order valence-corrected chi connectivity index (χ4v) is 4.19. The van der Waals surface area contributed by atoms with Crippen molar-refractivity contribution in [2.24, 2.45) is 7.05 Å². The molecule has 0 unspecified atom stereocenters. The van der Waals surface area contributed by atoms with Crippen molar-refractivity contribution >= 4 is 33.7 Å². The number of nitrogens with zero attached hydrogens (tertiary/aromatic N) is 1. The van der Waals surface area contributed by atoms with Crippen LogP contribution >= 0.6 is 0 Å². The van der Waals surface area contributed by atoms with Gasteiger partial charge in [-0.15, -0.1) is 0 Å². The number of aromatic nitrogens is 1. The van der Waals surface area contributed by atoms with Crippen LogP contribution in [0.1, 0.15) is 36.8 Å². The number of aryl methyl sites for hydroxylation is 1. The van der Waals surface area contributed by atoms with Gasteiger partial charge in [-0.05, 0) is 48.7 Å². The third-order valence-corrected chi connectivity index (χ3v) is 5.68. The molecule has 2 amide bonds. The molecule has 0 aliphatic heterocycles. The molecule has 6 nitrogen and oxygen atoms in total. The van der Waals surface area contributed by atoms with Gasteiger partial charge in [-0.1, -0.05) is 54.6 Å². The number of rotatable bonds is 4. The normalized spacial score (nSPS) is 11.5. The lowest BCUT2D eigenvalue weighted by Crippen LogP contribution is -2.33. The third kappa shape index (κ3) is 4.42. The lowest BCUT2D eigenvalue weighted by Gasteiger charge is -2.20. The zero-order chi connectivity index (χ0) is 23.8. The van der Waals surface area contributed by atoms with E-state index in [1.165, 1.54) is 10.8 Å². The van der Waals surface area contributed by atoms with E-state index in [0.29, 0.717) is 11.3 Å². The minimum Gasteiger partial charge on any atom is -0.444 e. The Balaban J connectivity index is 1.80. The van der Waals surface area contributed by atoms with Crippen LogP contribution in [-0.2, 0) is 18.3 Å². The SMILES string of the molecule is CNC(=O)c1c(CNC(=O)OC(C)(C)C)n(C)c2cc(-c3cccc4ccccc34)ccc12. The Kier molecular flexibility index (Phi) is 5.85. The molecule has 0 bridgehead atoms. The smallest absolute Gasteiger partial charge is 0.407 e. The maximum atomic E-state index is 12.8. The molecule has 0 aliphatic rings. The lowest BCUT2D eigenvalue weighted by molar-refractivity contribution is 0.0521. The van der Waals surface area contributed by atoms with E-state index < -0.39 is 11.7 Å². The number of hydrogen-bond donors (Lipinski definition) is 2. The first kappa shape index (κ1) is 22.4. The Morgan fingerprint density at radius 1 is 0.970 bits per heavy atom. The van der Waals surface area contributed by atoms with Crippen molar-refractivity contribution in [2.75, 3.05) is 7.05 Å². The van der Waals surface area contributed by atoms with Crippen molar-refractivity contribution in [1.82, 2.24) is 15.2 Å². The predicted molar refractivity (Wildman–Crippen MR) is 132 cm³/mol. The molecule has 2 N–H and O–H groups in total. The molecule has 0 spiro atoms. The Hall–Kier alpha value is -3.80. The Labute approximate surface area is 193 Å². The summed E-state index contributed by atoms with van der Waals surface area (Å²) in [6, 6.07) is 20.7. The average molecular weight is 444 g/mol. The molecule has 0 aliphatic carbocycles. The summed E-state index contributed by atoms with van der Waals surface area (Å²) in [5.74, 6) is -0.195. The monoisotopic (exact) mass is 443 g/mol. The molecule has 3 aromatic carbocycles. The van der Waals surface area contributed by atoms with Crippen LogP contribution in [0.2, 0.25) is 0 Å². The fraction of sp³-hybridized carbons (Fsp3) is 0.259. The first-order chi connectivity index (χ1) is 15.7. The van der Waals surface area contributed by atoms with E-state index in [0.717, 1.165) is 22.0 Å². The Morgan fingerprint density at radius 3 is 2.42 bits per heavy atom. The van der Waals surface area contributed by atoms with Gasteiger partial charge in [0.25, 0.3) is 5.91 Å². The number of ether oxygens (including phenoxy) is 1. The quantitative estimate of drug-likeness (QED) is 0.445. The van der Waals surface area contributed by atoms with Crippen molar-refractivity contribution < 1.29 is 14.3 Å². The number of amides is 2. The number of benzene rings is 3. The highest BCUT2D eigenvalue weighted by molar-refractivity contribution is 6.09. The number of hydrogen-bond acceptors (Lipinski definition) is 3. The van der Waals surface area contributed by atoms with Gasteiger partial charge in [-0.25, -0.2) is 4.79 Å². The van der Waals surface area contributed by atoms with E-state index in [-0.39, 0.29) is 12.5 Å². The van der Waals surface area contributed by atoms with Gasteiger partial charge >= 0.3 is 6.09 Å². The van der Waals surface area contributed by atoms with Crippen LogP contribution in [0, 0.1) is 0 Å². The summed E-state index contributed by atoms with van der Waals surface area (Å²) in [6.07, 6.45) is -0.521. The first-order valence-corrected chi connectivity index (χ1v) is 11.0. The van der Waals surface area contributed by atoms with Gasteiger partial charge in [0.2, 0.25) is 0 Å². The highest BCUT2D eigenvalue weighted by Crippen LogP contribution is 2.33. The van der Waals surface area contributed by atoms with E-state index in [1.54, 1.807) is 7.05 Å². The van der Waals surface area contributed by atoms with Crippen LogP contribution < -0.4 is 10.6 Å². The lowest BCUT2D eigenvalue weighted by atomic mass is 9.97. The van der Waals surface area contributed by atoms with Gasteiger partial charge in [0, 0.05) is 25.0 Å². The molecule has 0 radical (unpaired) electrons. The summed E-state index contributed by atoms with van der Waals surface area (Å²) >= 11 is 0. The molecule has 33 heavy (non-hydrogen) atoms. The maximum absolute atomic E-state index is 12.8. The summed E-state index contributed by atoms with van der Waals surface area (Å²) in [6.45, 7) is 5.61. The van der Waals surface area contributed by atoms with E-state index in [4.69, 9.17) is 4.74 Å². The predicted octanol–water partition coefficient (Wildman–Crippen LogP) is 5.38. The van der Waals surface area contributed by atoms with E-state index >= 15 is 0 Å².